The molecule has 4 rings (SSSR count). The fourth-order valence-corrected chi connectivity index (χ4v) is 2.65. The van der Waals surface area contributed by atoms with E-state index in [2.05, 4.69) is 20.4 Å². The van der Waals surface area contributed by atoms with Crippen LogP contribution in [0.5, 0.6) is 5.75 Å². The molecule has 0 saturated heterocycles. The highest BCUT2D eigenvalue weighted by atomic mass is 16.5. The van der Waals surface area contributed by atoms with Gasteiger partial charge in [0.2, 0.25) is 5.89 Å². The standard InChI is InChI=1S/C18H14N4O5/c1-25-12-6-2-4-10-8-13(26-15(10)12)18(24)20-9-14-21-16(22-27-14)11-5-3-7-19-17(11)23/h2-8,11H,9H2,1H3,(H,20,24). The number of aliphatic imine (C=N–C) groups is 1. The fourth-order valence-electron chi connectivity index (χ4n) is 2.65. The third-order valence-electron chi connectivity index (χ3n) is 3.97. The van der Waals surface area contributed by atoms with Crippen LogP contribution in [-0.2, 0) is 11.3 Å². The van der Waals surface area contributed by atoms with E-state index in [0.29, 0.717) is 11.3 Å². The number of benzene rings is 1. The van der Waals surface area contributed by atoms with Crippen LogP contribution in [0.1, 0.15) is 28.2 Å². The molecule has 2 amide bonds. The molecular weight excluding hydrogens is 352 g/mol. The zero-order valence-electron chi connectivity index (χ0n) is 14.2. The molecule has 3 aromatic rings. The monoisotopic (exact) mass is 366 g/mol. The molecule has 0 bridgehead atoms. The molecule has 1 unspecified atom stereocenters. The van der Waals surface area contributed by atoms with Crippen LogP contribution in [0, 0.1) is 0 Å². The largest absolute Gasteiger partial charge is 0.493 e. The Morgan fingerprint density at radius 3 is 3.07 bits per heavy atom. The van der Waals surface area contributed by atoms with E-state index < -0.39 is 11.8 Å². The molecule has 9 nitrogen and oxygen atoms in total. The lowest BCUT2D eigenvalue weighted by Gasteiger charge is -2.04. The molecular formula is C18H14N4O5. The summed E-state index contributed by atoms with van der Waals surface area (Å²) in [6.45, 7) is -0.00605. The minimum atomic E-state index is -0.675. The minimum absolute atomic E-state index is 0.00605. The number of hydrogen-bond donors (Lipinski definition) is 1. The highest BCUT2D eigenvalue weighted by Gasteiger charge is 2.24. The molecule has 1 N–H and O–H groups in total. The van der Waals surface area contributed by atoms with Crippen LogP contribution in [0.15, 0.2) is 50.4 Å². The Bertz CT molecular complexity index is 1080. The molecule has 0 spiro atoms. The number of amides is 2. The predicted molar refractivity (Wildman–Crippen MR) is 93.6 cm³/mol. The Labute approximate surface area is 152 Å². The average Bonchev–Trinajstić information content (AvgIpc) is 3.33. The van der Waals surface area contributed by atoms with E-state index in [0.717, 1.165) is 5.39 Å². The van der Waals surface area contributed by atoms with Crippen LogP contribution in [0.25, 0.3) is 11.0 Å². The smallest absolute Gasteiger partial charge is 0.287 e. The summed E-state index contributed by atoms with van der Waals surface area (Å²) in [6.07, 6.45) is 4.67. The minimum Gasteiger partial charge on any atom is -0.493 e. The first-order valence-electron chi connectivity index (χ1n) is 8.07. The molecule has 1 aliphatic heterocycles. The number of rotatable bonds is 5. The van der Waals surface area contributed by atoms with Crippen LogP contribution in [0.4, 0.5) is 0 Å². The molecule has 9 heteroatoms. The van der Waals surface area contributed by atoms with E-state index in [-0.39, 0.29) is 29.9 Å². The van der Waals surface area contributed by atoms with Crippen molar-refractivity contribution in [3.05, 3.63) is 53.9 Å². The maximum absolute atomic E-state index is 12.3. The van der Waals surface area contributed by atoms with Gasteiger partial charge in [0.05, 0.1) is 13.7 Å². The zero-order valence-corrected chi connectivity index (χ0v) is 14.2. The number of furan rings is 1. The summed E-state index contributed by atoms with van der Waals surface area (Å²) in [4.78, 5) is 31.9. The molecule has 0 radical (unpaired) electrons. The molecule has 1 aromatic carbocycles. The summed E-state index contributed by atoms with van der Waals surface area (Å²) in [7, 11) is 1.53. The second kappa shape index (κ2) is 6.87. The van der Waals surface area contributed by atoms with E-state index in [1.54, 1.807) is 24.3 Å². The van der Waals surface area contributed by atoms with Gasteiger partial charge in [-0.1, -0.05) is 23.4 Å². The fraction of sp³-hybridized carbons (Fsp3) is 0.167. The van der Waals surface area contributed by atoms with Crippen molar-refractivity contribution < 1.29 is 23.3 Å². The number of aromatic nitrogens is 2. The molecule has 1 aliphatic rings. The van der Waals surface area contributed by atoms with Crippen LogP contribution >= 0.6 is 0 Å². The molecule has 27 heavy (non-hydrogen) atoms. The van der Waals surface area contributed by atoms with Gasteiger partial charge in [-0.2, -0.15) is 4.98 Å². The molecule has 3 heterocycles. The van der Waals surface area contributed by atoms with Crippen molar-refractivity contribution in [2.45, 2.75) is 12.5 Å². The van der Waals surface area contributed by atoms with Crippen molar-refractivity contribution in [2.24, 2.45) is 4.99 Å². The summed E-state index contributed by atoms with van der Waals surface area (Å²) in [6, 6.07) is 7.00. The molecule has 0 aliphatic carbocycles. The second-order valence-electron chi connectivity index (χ2n) is 5.70. The van der Waals surface area contributed by atoms with Crippen LogP contribution in [0.3, 0.4) is 0 Å². The summed E-state index contributed by atoms with van der Waals surface area (Å²) >= 11 is 0. The third-order valence-corrected chi connectivity index (χ3v) is 3.97. The lowest BCUT2D eigenvalue weighted by Crippen LogP contribution is -2.22. The highest BCUT2D eigenvalue weighted by Crippen LogP contribution is 2.28. The van der Waals surface area contributed by atoms with Crippen molar-refractivity contribution in [1.29, 1.82) is 0 Å². The first-order valence-corrected chi connectivity index (χ1v) is 8.07. The van der Waals surface area contributed by atoms with Crippen LogP contribution in [0.2, 0.25) is 0 Å². The Morgan fingerprint density at radius 1 is 1.37 bits per heavy atom. The van der Waals surface area contributed by atoms with Crippen molar-refractivity contribution in [1.82, 2.24) is 15.5 Å². The Morgan fingerprint density at radius 2 is 2.26 bits per heavy atom. The average molecular weight is 366 g/mol. The highest BCUT2D eigenvalue weighted by molar-refractivity contribution is 5.97. The van der Waals surface area contributed by atoms with E-state index in [9.17, 15) is 9.59 Å². The van der Waals surface area contributed by atoms with E-state index >= 15 is 0 Å². The number of hydrogen-bond acceptors (Lipinski definition) is 7. The van der Waals surface area contributed by atoms with Crippen molar-refractivity contribution >= 4 is 29.0 Å². The van der Waals surface area contributed by atoms with Crippen LogP contribution in [-0.4, -0.2) is 35.3 Å². The Hall–Kier alpha value is -3.75. The maximum atomic E-state index is 12.3. The van der Waals surface area contributed by atoms with Crippen molar-refractivity contribution in [3.63, 3.8) is 0 Å². The number of ether oxygens (including phenoxy) is 1. The molecule has 0 saturated carbocycles. The number of carbonyl (C=O) groups is 2. The van der Waals surface area contributed by atoms with Crippen molar-refractivity contribution in [3.8, 4) is 5.75 Å². The van der Waals surface area contributed by atoms with Gasteiger partial charge >= 0.3 is 0 Å². The summed E-state index contributed by atoms with van der Waals surface area (Å²) in [5.74, 6) is -0.439. The predicted octanol–water partition coefficient (Wildman–Crippen LogP) is 2.01. The van der Waals surface area contributed by atoms with Gasteiger partial charge in [0.15, 0.2) is 22.9 Å². The number of carbonyl (C=O) groups excluding carboxylic acids is 2. The second-order valence-corrected chi connectivity index (χ2v) is 5.70. The van der Waals surface area contributed by atoms with Crippen LogP contribution < -0.4 is 10.1 Å². The summed E-state index contributed by atoms with van der Waals surface area (Å²) in [5.41, 5.74) is 0.494. The van der Waals surface area contributed by atoms with Gasteiger partial charge in [0.1, 0.15) is 5.92 Å². The van der Waals surface area contributed by atoms with Gasteiger partial charge in [-0.25, -0.2) is 4.99 Å². The van der Waals surface area contributed by atoms with Gasteiger partial charge in [-0.15, -0.1) is 0 Å². The lowest BCUT2D eigenvalue weighted by molar-refractivity contribution is -0.118. The summed E-state index contributed by atoms with van der Waals surface area (Å²) < 4.78 is 15.9. The lowest BCUT2D eigenvalue weighted by atomic mass is 10.1. The zero-order chi connectivity index (χ0) is 18.8. The third kappa shape index (κ3) is 3.22. The number of dihydropyridines is 1. The molecule has 0 fully saturated rings. The molecule has 2 aromatic heterocycles. The van der Waals surface area contributed by atoms with Gasteiger partial charge in [0, 0.05) is 11.6 Å². The number of nitrogens with zero attached hydrogens (tertiary/aromatic N) is 3. The first kappa shape index (κ1) is 16.7. The van der Waals surface area contributed by atoms with E-state index in [1.807, 2.05) is 12.1 Å². The van der Waals surface area contributed by atoms with Gasteiger partial charge in [-0.3, -0.25) is 9.59 Å². The number of para-hydroxylation sites is 1. The Kier molecular flexibility index (Phi) is 4.25. The number of nitrogens with one attached hydrogen (secondary N) is 1. The molecule has 1 atom stereocenters. The summed E-state index contributed by atoms with van der Waals surface area (Å²) in [5, 5.41) is 7.17. The Balaban J connectivity index is 1.45. The van der Waals surface area contributed by atoms with Gasteiger partial charge in [-0.05, 0) is 18.2 Å². The topological polar surface area (TPSA) is 120 Å². The maximum Gasteiger partial charge on any atom is 0.287 e. The number of allylic oxidation sites excluding steroid dienone is 1. The number of fused-ring (bicyclic) bond motifs is 1. The first-order chi connectivity index (χ1) is 13.2. The molecule has 136 valence electrons. The quantitative estimate of drug-likeness (QED) is 0.733. The number of methoxy groups -OCH3 is 1. The van der Waals surface area contributed by atoms with Gasteiger partial charge in [0.25, 0.3) is 11.8 Å². The van der Waals surface area contributed by atoms with E-state index in [1.165, 1.54) is 13.3 Å². The SMILES string of the molecule is COc1cccc2cc(C(=O)NCc3nc(C4C=CC=NC4=O)no3)oc12. The van der Waals surface area contributed by atoms with Crippen molar-refractivity contribution in [2.75, 3.05) is 7.11 Å². The van der Waals surface area contributed by atoms with Gasteiger partial charge < -0.3 is 19.0 Å². The van der Waals surface area contributed by atoms with E-state index in [4.69, 9.17) is 13.7 Å². The normalized spacial score (nSPS) is 16.0.